The van der Waals surface area contributed by atoms with Crippen LogP contribution in [0.2, 0.25) is 0 Å². The first-order valence-corrected chi connectivity index (χ1v) is 10.0. The van der Waals surface area contributed by atoms with E-state index in [1.54, 1.807) is 19.5 Å². The SMILES string of the molecule is COc1ccccc1-c1cccc(C2CCCN(C(=O)Cc3ccncc3)C2)n1. The van der Waals surface area contributed by atoms with Crippen molar-refractivity contribution in [1.82, 2.24) is 14.9 Å². The Balaban J connectivity index is 1.50. The molecule has 1 unspecified atom stereocenters. The molecule has 0 bridgehead atoms. The average Bonchev–Trinajstić information content (AvgIpc) is 2.80. The molecule has 1 aliphatic heterocycles. The zero-order valence-corrected chi connectivity index (χ0v) is 16.6. The predicted octanol–water partition coefficient (Wildman–Crippen LogP) is 4.10. The van der Waals surface area contributed by atoms with Crippen molar-refractivity contribution >= 4 is 5.91 Å². The Labute approximate surface area is 171 Å². The highest BCUT2D eigenvalue weighted by Crippen LogP contribution is 2.31. The molecule has 3 heterocycles. The minimum absolute atomic E-state index is 0.168. The molecule has 1 fully saturated rings. The van der Waals surface area contributed by atoms with Gasteiger partial charge in [-0.2, -0.15) is 0 Å². The fraction of sp³-hybridized carbons (Fsp3) is 0.292. The number of pyridine rings is 2. The van der Waals surface area contributed by atoms with Crippen molar-refractivity contribution in [3.8, 4) is 17.0 Å². The largest absolute Gasteiger partial charge is 0.496 e. The van der Waals surface area contributed by atoms with Gasteiger partial charge in [-0.05, 0) is 54.8 Å². The number of amides is 1. The number of likely N-dealkylation sites (tertiary alicyclic amines) is 1. The van der Waals surface area contributed by atoms with E-state index in [-0.39, 0.29) is 11.8 Å². The highest BCUT2D eigenvalue weighted by molar-refractivity contribution is 5.79. The first-order valence-electron chi connectivity index (χ1n) is 10.0. The molecule has 0 N–H and O–H groups in total. The van der Waals surface area contributed by atoms with E-state index in [9.17, 15) is 4.79 Å². The summed E-state index contributed by atoms with van der Waals surface area (Å²) in [5.74, 6) is 1.23. The maximum absolute atomic E-state index is 12.8. The Kier molecular flexibility index (Phi) is 5.84. The molecule has 0 spiro atoms. The monoisotopic (exact) mass is 387 g/mol. The van der Waals surface area contributed by atoms with Crippen molar-refractivity contribution in [2.45, 2.75) is 25.2 Å². The van der Waals surface area contributed by atoms with E-state index in [2.05, 4.69) is 11.1 Å². The second-order valence-corrected chi connectivity index (χ2v) is 7.36. The summed E-state index contributed by atoms with van der Waals surface area (Å²) in [4.78, 5) is 23.7. The number of aromatic nitrogens is 2. The molecule has 1 aliphatic rings. The minimum atomic E-state index is 0.168. The lowest BCUT2D eigenvalue weighted by molar-refractivity contribution is -0.131. The maximum Gasteiger partial charge on any atom is 0.227 e. The first-order chi connectivity index (χ1) is 14.2. The van der Waals surface area contributed by atoms with Crippen molar-refractivity contribution in [2.75, 3.05) is 20.2 Å². The molecule has 1 atom stereocenters. The predicted molar refractivity (Wildman–Crippen MR) is 113 cm³/mol. The third kappa shape index (κ3) is 4.45. The van der Waals surface area contributed by atoms with Crippen LogP contribution in [0.15, 0.2) is 67.0 Å². The molecule has 1 aromatic carbocycles. The maximum atomic E-state index is 12.8. The van der Waals surface area contributed by atoms with Crippen molar-refractivity contribution in [2.24, 2.45) is 0 Å². The molecule has 5 nitrogen and oxygen atoms in total. The summed E-state index contributed by atoms with van der Waals surface area (Å²) >= 11 is 0. The number of piperidine rings is 1. The highest BCUT2D eigenvalue weighted by atomic mass is 16.5. The van der Waals surface area contributed by atoms with Crippen LogP contribution in [0.4, 0.5) is 0 Å². The van der Waals surface area contributed by atoms with Gasteiger partial charge in [0, 0.05) is 42.7 Å². The molecular formula is C24H25N3O2. The number of para-hydroxylation sites is 1. The van der Waals surface area contributed by atoms with E-state index in [0.29, 0.717) is 13.0 Å². The van der Waals surface area contributed by atoms with Crippen LogP contribution in [0.5, 0.6) is 5.75 Å². The van der Waals surface area contributed by atoms with Crippen LogP contribution in [-0.4, -0.2) is 41.0 Å². The summed E-state index contributed by atoms with van der Waals surface area (Å²) in [6, 6.07) is 17.8. The highest BCUT2D eigenvalue weighted by Gasteiger charge is 2.26. The third-order valence-corrected chi connectivity index (χ3v) is 5.45. The lowest BCUT2D eigenvalue weighted by Gasteiger charge is -2.32. The van der Waals surface area contributed by atoms with Gasteiger partial charge < -0.3 is 9.64 Å². The summed E-state index contributed by atoms with van der Waals surface area (Å²) in [5, 5.41) is 0. The number of hydrogen-bond donors (Lipinski definition) is 0. The lowest BCUT2D eigenvalue weighted by Crippen LogP contribution is -2.40. The van der Waals surface area contributed by atoms with Crippen LogP contribution in [0.3, 0.4) is 0 Å². The summed E-state index contributed by atoms with van der Waals surface area (Å²) in [5.41, 5.74) is 3.93. The number of carbonyl (C=O) groups is 1. The van der Waals surface area contributed by atoms with Crippen molar-refractivity contribution in [3.63, 3.8) is 0 Å². The summed E-state index contributed by atoms with van der Waals surface area (Å²) in [6.45, 7) is 1.53. The molecule has 3 aromatic rings. The average molecular weight is 387 g/mol. The zero-order valence-electron chi connectivity index (χ0n) is 16.6. The standard InChI is InChI=1S/C24H25N3O2/c1-29-23-10-3-2-7-20(23)22-9-4-8-21(26-22)19-6-5-15-27(17-19)24(28)16-18-11-13-25-14-12-18/h2-4,7-14,19H,5-6,15-17H2,1H3. The second kappa shape index (κ2) is 8.86. The lowest BCUT2D eigenvalue weighted by atomic mass is 9.93. The Hall–Kier alpha value is -3.21. The fourth-order valence-electron chi connectivity index (χ4n) is 3.92. The molecule has 0 aliphatic carbocycles. The Bertz CT molecular complexity index is 975. The van der Waals surface area contributed by atoms with Gasteiger partial charge in [0.15, 0.2) is 0 Å². The summed E-state index contributed by atoms with van der Waals surface area (Å²) in [6.07, 6.45) is 5.92. The van der Waals surface area contributed by atoms with Gasteiger partial charge in [0.2, 0.25) is 5.91 Å². The molecule has 148 valence electrons. The van der Waals surface area contributed by atoms with Gasteiger partial charge >= 0.3 is 0 Å². The number of carbonyl (C=O) groups excluding carboxylic acids is 1. The smallest absolute Gasteiger partial charge is 0.227 e. The Morgan fingerprint density at radius 3 is 2.76 bits per heavy atom. The molecule has 5 heteroatoms. The molecule has 29 heavy (non-hydrogen) atoms. The number of nitrogens with zero attached hydrogens (tertiary/aromatic N) is 3. The van der Waals surface area contributed by atoms with Gasteiger partial charge in [0.1, 0.15) is 5.75 Å². The summed E-state index contributed by atoms with van der Waals surface area (Å²) < 4.78 is 5.49. The number of rotatable bonds is 5. The number of hydrogen-bond acceptors (Lipinski definition) is 4. The molecule has 0 saturated carbocycles. The molecule has 2 aromatic heterocycles. The van der Waals surface area contributed by atoms with Crippen molar-refractivity contribution in [3.05, 3.63) is 78.2 Å². The fourth-order valence-corrected chi connectivity index (χ4v) is 3.92. The van der Waals surface area contributed by atoms with Crippen LogP contribution in [-0.2, 0) is 11.2 Å². The van der Waals surface area contributed by atoms with E-state index in [1.807, 2.05) is 53.4 Å². The molecule has 1 saturated heterocycles. The number of methoxy groups -OCH3 is 1. The van der Waals surface area contributed by atoms with Crippen LogP contribution >= 0.6 is 0 Å². The van der Waals surface area contributed by atoms with Gasteiger partial charge in [0.25, 0.3) is 0 Å². The molecule has 1 amide bonds. The molecule has 0 radical (unpaired) electrons. The van der Waals surface area contributed by atoms with E-state index in [0.717, 1.165) is 47.7 Å². The van der Waals surface area contributed by atoms with Crippen LogP contribution in [0, 0.1) is 0 Å². The van der Waals surface area contributed by atoms with Gasteiger partial charge in [-0.1, -0.05) is 18.2 Å². The van der Waals surface area contributed by atoms with E-state index in [4.69, 9.17) is 9.72 Å². The van der Waals surface area contributed by atoms with Crippen molar-refractivity contribution in [1.29, 1.82) is 0 Å². The first kappa shape index (κ1) is 19.1. The minimum Gasteiger partial charge on any atom is -0.496 e. The quantitative estimate of drug-likeness (QED) is 0.661. The van der Waals surface area contributed by atoms with Crippen LogP contribution < -0.4 is 4.74 Å². The van der Waals surface area contributed by atoms with E-state index in [1.165, 1.54) is 0 Å². The van der Waals surface area contributed by atoms with Crippen LogP contribution in [0.1, 0.15) is 30.0 Å². The van der Waals surface area contributed by atoms with E-state index >= 15 is 0 Å². The van der Waals surface area contributed by atoms with Gasteiger partial charge in [-0.3, -0.25) is 14.8 Å². The van der Waals surface area contributed by atoms with Gasteiger partial charge in [-0.25, -0.2) is 0 Å². The zero-order chi connectivity index (χ0) is 20.1. The second-order valence-electron chi connectivity index (χ2n) is 7.36. The van der Waals surface area contributed by atoms with Gasteiger partial charge in [0.05, 0.1) is 19.2 Å². The Morgan fingerprint density at radius 1 is 1.10 bits per heavy atom. The Morgan fingerprint density at radius 2 is 1.93 bits per heavy atom. The third-order valence-electron chi connectivity index (χ3n) is 5.45. The normalized spacial score (nSPS) is 16.4. The molecular weight excluding hydrogens is 362 g/mol. The van der Waals surface area contributed by atoms with Crippen molar-refractivity contribution < 1.29 is 9.53 Å². The van der Waals surface area contributed by atoms with Crippen LogP contribution in [0.25, 0.3) is 11.3 Å². The number of ether oxygens (including phenoxy) is 1. The summed E-state index contributed by atoms with van der Waals surface area (Å²) in [7, 11) is 1.68. The van der Waals surface area contributed by atoms with E-state index < -0.39 is 0 Å². The number of benzene rings is 1. The topological polar surface area (TPSA) is 55.3 Å². The van der Waals surface area contributed by atoms with Gasteiger partial charge in [-0.15, -0.1) is 0 Å². The molecule has 4 rings (SSSR count).